The van der Waals surface area contributed by atoms with Gasteiger partial charge >= 0.3 is 0 Å². The van der Waals surface area contributed by atoms with E-state index in [2.05, 4.69) is 4.98 Å². The van der Waals surface area contributed by atoms with Gasteiger partial charge in [-0.25, -0.2) is 9.37 Å². The molecule has 3 aliphatic heterocycles. The number of amides is 2. The van der Waals surface area contributed by atoms with Crippen LogP contribution in [0, 0.1) is 5.82 Å². The topological polar surface area (TPSA) is 57.9 Å². The van der Waals surface area contributed by atoms with E-state index in [1.54, 1.807) is 23.4 Å². The standard InChI is InChI=1S/C21H19FN4O2/c22-17-6-2-1-5-16(17)20(27)25-11-15-9-8-14(25)12-26(15)21(28)19-18-7-3-4-10-24(18)13-23-19/h1-7,10,13-15H,8-9,11-12H2. The zero-order valence-electron chi connectivity index (χ0n) is 15.2. The average Bonchev–Trinajstić information content (AvgIpc) is 3.17. The van der Waals surface area contributed by atoms with Crippen LogP contribution in [0.2, 0.25) is 0 Å². The maximum absolute atomic E-state index is 14.1. The van der Waals surface area contributed by atoms with Crippen molar-refractivity contribution in [1.29, 1.82) is 0 Å². The summed E-state index contributed by atoms with van der Waals surface area (Å²) in [6, 6.07) is 11.5. The summed E-state index contributed by atoms with van der Waals surface area (Å²) in [6.45, 7) is 0.880. The second kappa shape index (κ2) is 6.44. The molecule has 1 aromatic carbocycles. The lowest BCUT2D eigenvalue weighted by atomic mass is 9.89. The Hall–Kier alpha value is -3.22. The van der Waals surface area contributed by atoms with Gasteiger partial charge in [-0.15, -0.1) is 0 Å². The van der Waals surface area contributed by atoms with Crippen LogP contribution in [-0.4, -0.2) is 56.2 Å². The molecule has 0 aliphatic carbocycles. The van der Waals surface area contributed by atoms with Gasteiger partial charge in [0.2, 0.25) is 0 Å². The quantitative estimate of drug-likeness (QED) is 0.689. The molecule has 6 rings (SSSR count). The van der Waals surface area contributed by atoms with Crippen LogP contribution in [0.4, 0.5) is 4.39 Å². The van der Waals surface area contributed by atoms with Crippen LogP contribution in [0.5, 0.6) is 0 Å². The van der Waals surface area contributed by atoms with E-state index in [1.165, 1.54) is 12.1 Å². The molecule has 2 bridgehead atoms. The van der Waals surface area contributed by atoms with Gasteiger partial charge in [-0.2, -0.15) is 0 Å². The first-order valence-electron chi connectivity index (χ1n) is 9.41. The van der Waals surface area contributed by atoms with Crippen molar-refractivity contribution in [3.05, 3.63) is 72.1 Å². The van der Waals surface area contributed by atoms with E-state index in [9.17, 15) is 14.0 Å². The van der Waals surface area contributed by atoms with Gasteiger partial charge < -0.3 is 14.2 Å². The highest BCUT2D eigenvalue weighted by Crippen LogP contribution is 2.31. The minimum absolute atomic E-state index is 0.0753. The van der Waals surface area contributed by atoms with Gasteiger partial charge in [0.25, 0.3) is 11.8 Å². The summed E-state index contributed by atoms with van der Waals surface area (Å²) in [4.78, 5) is 33.9. The third-order valence-electron chi connectivity index (χ3n) is 5.80. The molecule has 3 aromatic rings. The van der Waals surface area contributed by atoms with Crippen molar-refractivity contribution in [2.24, 2.45) is 0 Å². The fourth-order valence-corrected chi connectivity index (χ4v) is 4.36. The summed E-state index contributed by atoms with van der Waals surface area (Å²) in [6.07, 6.45) is 5.15. The zero-order valence-corrected chi connectivity index (χ0v) is 15.2. The fraction of sp³-hybridized carbons (Fsp3) is 0.286. The van der Waals surface area contributed by atoms with Gasteiger partial charge in [0.05, 0.1) is 11.1 Å². The molecule has 7 heteroatoms. The second-order valence-corrected chi connectivity index (χ2v) is 7.37. The van der Waals surface area contributed by atoms with Gasteiger partial charge in [0.15, 0.2) is 5.69 Å². The van der Waals surface area contributed by atoms with Crippen LogP contribution in [0.25, 0.3) is 5.52 Å². The number of pyridine rings is 1. The van der Waals surface area contributed by atoms with Gasteiger partial charge in [-0.1, -0.05) is 18.2 Å². The van der Waals surface area contributed by atoms with E-state index in [0.29, 0.717) is 18.8 Å². The van der Waals surface area contributed by atoms with Crippen molar-refractivity contribution in [2.75, 3.05) is 13.1 Å². The number of carbonyl (C=O) groups is 2. The first-order valence-corrected chi connectivity index (χ1v) is 9.41. The van der Waals surface area contributed by atoms with E-state index < -0.39 is 5.82 Å². The maximum Gasteiger partial charge on any atom is 0.275 e. The molecular weight excluding hydrogens is 359 g/mol. The number of piperidine rings is 2. The Kier molecular flexibility index (Phi) is 3.89. The van der Waals surface area contributed by atoms with Gasteiger partial charge in [-0.05, 0) is 37.1 Å². The molecule has 3 saturated heterocycles. The Morgan fingerprint density at radius 1 is 0.929 bits per heavy atom. The number of rotatable bonds is 2. The third-order valence-corrected chi connectivity index (χ3v) is 5.80. The highest BCUT2D eigenvalue weighted by Gasteiger charge is 2.44. The van der Waals surface area contributed by atoms with E-state index in [1.807, 2.05) is 33.7 Å². The van der Waals surface area contributed by atoms with Crippen LogP contribution in [-0.2, 0) is 0 Å². The predicted octanol–water partition coefficient (Wildman–Crippen LogP) is 2.60. The second-order valence-electron chi connectivity index (χ2n) is 7.37. The molecule has 2 aromatic heterocycles. The Labute approximate surface area is 161 Å². The summed E-state index contributed by atoms with van der Waals surface area (Å²) in [5.74, 6) is -0.917. The van der Waals surface area contributed by atoms with Crippen LogP contribution >= 0.6 is 0 Å². The van der Waals surface area contributed by atoms with Crippen LogP contribution < -0.4 is 0 Å². The molecule has 0 radical (unpaired) electrons. The number of piperazine rings is 1. The Bertz CT molecular complexity index is 1080. The number of carbonyl (C=O) groups excluding carboxylic acids is 2. The van der Waals surface area contributed by atoms with Crippen molar-refractivity contribution >= 4 is 17.3 Å². The lowest BCUT2D eigenvalue weighted by Crippen LogP contribution is -2.65. The molecule has 0 N–H and O–H groups in total. The SMILES string of the molecule is O=C(c1ccccc1F)N1CC2CCC1CN2C(=O)c1ncn2ccccc12. The van der Waals surface area contributed by atoms with Crippen LogP contribution in [0.15, 0.2) is 55.0 Å². The number of fused-ring (bicyclic) bond motifs is 4. The number of imidazole rings is 1. The predicted molar refractivity (Wildman–Crippen MR) is 100 cm³/mol. The molecule has 28 heavy (non-hydrogen) atoms. The van der Waals surface area contributed by atoms with E-state index in [-0.39, 0.29) is 29.5 Å². The maximum atomic E-state index is 14.1. The number of hydrogen-bond donors (Lipinski definition) is 0. The normalized spacial score (nSPS) is 21.3. The monoisotopic (exact) mass is 378 g/mol. The highest BCUT2D eigenvalue weighted by atomic mass is 19.1. The summed E-state index contributed by atoms with van der Waals surface area (Å²) in [7, 11) is 0. The molecule has 3 aliphatic rings. The molecular formula is C21H19FN4O2. The van der Waals surface area contributed by atoms with Gasteiger partial charge in [-0.3, -0.25) is 9.59 Å². The number of nitrogens with zero attached hydrogens (tertiary/aromatic N) is 4. The lowest BCUT2D eigenvalue weighted by Gasteiger charge is -2.51. The summed E-state index contributed by atoms with van der Waals surface area (Å²) < 4.78 is 15.9. The fourth-order valence-electron chi connectivity index (χ4n) is 4.36. The Balaban J connectivity index is 1.39. The van der Waals surface area contributed by atoms with Gasteiger partial charge in [0, 0.05) is 31.4 Å². The number of hydrogen-bond acceptors (Lipinski definition) is 3. The van der Waals surface area contributed by atoms with Crippen molar-refractivity contribution in [3.8, 4) is 0 Å². The third kappa shape index (κ3) is 2.58. The van der Waals surface area contributed by atoms with Crippen LogP contribution in [0.1, 0.15) is 33.7 Å². The average molecular weight is 378 g/mol. The van der Waals surface area contributed by atoms with E-state index >= 15 is 0 Å². The molecule has 0 spiro atoms. The Morgan fingerprint density at radius 3 is 2.32 bits per heavy atom. The first kappa shape index (κ1) is 16.9. The van der Waals surface area contributed by atoms with Crippen molar-refractivity contribution in [2.45, 2.75) is 24.9 Å². The number of halogens is 1. The zero-order chi connectivity index (χ0) is 19.3. The van der Waals surface area contributed by atoms with Crippen molar-refractivity contribution in [1.82, 2.24) is 19.2 Å². The van der Waals surface area contributed by atoms with E-state index in [0.717, 1.165) is 18.4 Å². The smallest absolute Gasteiger partial charge is 0.275 e. The minimum atomic E-state index is -0.508. The molecule has 2 unspecified atom stereocenters. The van der Waals surface area contributed by atoms with E-state index in [4.69, 9.17) is 0 Å². The molecule has 2 atom stereocenters. The summed E-state index contributed by atoms with van der Waals surface area (Å²) in [5, 5.41) is 0. The van der Waals surface area contributed by atoms with Crippen LogP contribution in [0.3, 0.4) is 0 Å². The highest BCUT2D eigenvalue weighted by molar-refractivity contribution is 6.00. The molecule has 2 amide bonds. The molecule has 5 heterocycles. The van der Waals surface area contributed by atoms with Crippen molar-refractivity contribution < 1.29 is 14.0 Å². The van der Waals surface area contributed by atoms with Crippen molar-refractivity contribution in [3.63, 3.8) is 0 Å². The summed E-state index contributed by atoms with van der Waals surface area (Å²) >= 11 is 0. The van der Waals surface area contributed by atoms with Gasteiger partial charge in [0.1, 0.15) is 12.1 Å². The minimum Gasteiger partial charge on any atom is -0.332 e. The molecule has 6 nitrogen and oxygen atoms in total. The first-order chi connectivity index (χ1) is 13.6. The lowest BCUT2D eigenvalue weighted by molar-refractivity contribution is -0.00643. The number of aromatic nitrogens is 2. The summed E-state index contributed by atoms with van der Waals surface area (Å²) in [5.41, 5.74) is 1.29. The molecule has 0 saturated carbocycles. The number of benzene rings is 1. The largest absolute Gasteiger partial charge is 0.332 e. The Morgan fingerprint density at radius 2 is 1.61 bits per heavy atom. The molecule has 3 fully saturated rings. The molecule has 142 valence electrons.